The number of ether oxygens (including phenoxy) is 2. The molecule has 0 amide bonds. The van der Waals surface area contributed by atoms with Crippen LogP contribution in [-0.2, 0) is 9.47 Å². The van der Waals surface area contributed by atoms with Crippen LogP contribution in [0.1, 0.15) is 13.3 Å². The standard InChI is InChI=1S/C14H24N2O2/c1-3-8-16(9-10-18-12-11-17-2)14-7-5-4-6-13(14)15/h4-7H,3,8-12,15H2,1-2H3. The third kappa shape index (κ3) is 4.94. The van der Waals surface area contributed by atoms with E-state index < -0.39 is 0 Å². The van der Waals surface area contributed by atoms with Gasteiger partial charge < -0.3 is 20.1 Å². The van der Waals surface area contributed by atoms with E-state index in [1.54, 1.807) is 7.11 Å². The van der Waals surface area contributed by atoms with Crippen LogP contribution in [0, 0.1) is 0 Å². The second-order valence-corrected chi connectivity index (χ2v) is 4.15. The normalized spacial score (nSPS) is 10.6. The van der Waals surface area contributed by atoms with Crippen molar-refractivity contribution in [2.24, 2.45) is 0 Å². The van der Waals surface area contributed by atoms with Gasteiger partial charge in [0.2, 0.25) is 0 Å². The molecule has 0 aliphatic rings. The highest BCUT2D eigenvalue weighted by atomic mass is 16.5. The van der Waals surface area contributed by atoms with E-state index in [2.05, 4.69) is 17.9 Å². The average molecular weight is 252 g/mol. The summed E-state index contributed by atoms with van der Waals surface area (Å²) in [6.07, 6.45) is 1.09. The second kappa shape index (κ2) is 8.78. The van der Waals surface area contributed by atoms with Crippen LogP contribution in [0.2, 0.25) is 0 Å². The molecule has 4 heteroatoms. The molecule has 1 aromatic carbocycles. The minimum atomic E-state index is 0.640. The van der Waals surface area contributed by atoms with Crippen molar-refractivity contribution < 1.29 is 9.47 Å². The molecule has 0 fully saturated rings. The van der Waals surface area contributed by atoms with E-state index in [9.17, 15) is 0 Å². The molecule has 0 bridgehead atoms. The summed E-state index contributed by atoms with van der Waals surface area (Å²) in [7, 11) is 1.68. The average Bonchev–Trinajstić information content (AvgIpc) is 2.38. The maximum Gasteiger partial charge on any atom is 0.0701 e. The molecule has 0 unspecified atom stereocenters. The van der Waals surface area contributed by atoms with Crippen molar-refractivity contribution in [3.05, 3.63) is 24.3 Å². The highest BCUT2D eigenvalue weighted by molar-refractivity contribution is 5.67. The summed E-state index contributed by atoms with van der Waals surface area (Å²) in [6.45, 7) is 5.98. The van der Waals surface area contributed by atoms with Gasteiger partial charge in [0.1, 0.15) is 0 Å². The summed E-state index contributed by atoms with van der Waals surface area (Å²) in [4.78, 5) is 2.27. The molecule has 0 atom stereocenters. The first-order valence-electron chi connectivity index (χ1n) is 6.45. The zero-order valence-corrected chi connectivity index (χ0v) is 11.4. The second-order valence-electron chi connectivity index (χ2n) is 4.15. The fourth-order valence-electron chi connectivity index (χ4n) is 1.82. The Labute approximate surface area is 110 Å². The number of hydrogen-bond acceptors (Lipinski definition) is 4. The molecule has 0 heterocycles. The molecule has 4 nitrogen and oxygen atoms in total. The van der Waals surface area contributed by atoms with E-state index >= 15 is 0 Å². The monoisotopic (exact) mass is 252 g/mol. The molecule has 18 heavy (non-hydrogen) atoms. The van der Waals surface area contributed by atoms with Crippen LogP contribution >= 0.6 is 0 Å². The van der Waals surface area contributed by atoms with Crippen LogP contribution in [0.25, 0.3) is 0 Å². The Morgan fingerprint density at radius 2 is 1.89 bits per heavy atom. The van der Waals surface area contributed by atoms with Crippen molar-refractivity contribution in [3.8, 4) is 0 Å². The number of nitrogens with zero attached hydrogens (tertiary/aromatic N) is 1. The van der Waals surface area contributed by atoms with Gasteiger partial charge in [-0.15, -0.1) is 0 Å². The first-order chi connectivity index (χ1) is 8.79. The summed E-state index contributed by atoms with van der Waals surface area (Å²) in [5.74, 6) is 0. The molecular weight excluding hydrogens is 228 g/mol. The largest absolute Gasteiger partial charge is 0.397 e. The number of para-hydroxylation sites is 2. The highest BCUT2D eigenvalue weighted by Crippen LogP contribution is 2.22. The summed E-state index contributed by atoms with van der Waals surface area (Å²) < 4.78 is 10.4. The summed E-state index contributed by atoms with van der Waals surface area (Å²) in [5, 5.41) is 0. The molecule has 2 N–H and O–H groups in total. The minimum Gasteiger partial charge on any atom is -0.397 e. The molecule has 0 saturated carbocycles. The smallest absolute Gasteiger partial charge is 0.0701 e. The van der Waals surface area contributed by atoms with Gasteiger partial charge in [0.15, 0.2) is 0 Å². The molecule has 0 radical (unpaired) electrons. The third-order valence-electron chi connectivity index (χ3n) is 2.71. The Bertz CT molecular complexity index is 331. The van der Waals surface area contributed by atoms with Crippen molar-refractivity contribution >= 4 is 11.4 Å². The van der Waals surface area contributed by atoms with E-state index in [4.69, 9.17) is 15.2 Å². The lowest BCUT2D eigenvalue weighted by Gasteiger charge is -2.25. The fraction of sp³-hybridized carbons (Fsp3) is 0.571. The van der Waals surface area contributed by atoms with Gasteiger partial charge in [-0.25, -0.2) is 0 Å². The number of methoxy groups -OCH3 is 1. The predicted octanol–water partition coefficient (Wildman–Crippen LogP) is 2.15. The van der Waals surface area contributed by atoms with Gasteiger partial charge in [0.25, 0.3) is 0 Å². The maximum absolute atomic E-state index is 6.00. The van der Waals surface area contributed by atoms with Crippen molar-refractivity contribution in [2.75, 3.05) is 50.7 Å². The van der Waals surface area contributed by atoms with Crippen LogP contribution in [0.3, 0.4) is 0 Å². The topological polar surface area (TPSA) is 47.7 Å². The summed E-state index contributed by atoms with van der Waals surface area (Å²) in [5.41, 5.74) is 7.92. The first-order valence-corrected chi connectivity index (χ1v) is 6.45. The zero-order valence-electron chi connectivity index (χ0n) is 11.4. The van der Waals surface area contributed by atoms with Crippen molar-refractivity contribution in [1.82, 2.24) is 0 Å². The molecule has 0 aliphatic heterocycles. The van der Waals surface area contributed by atoms with E-state index in [0.717, 1.165) is 30.9 Å². The number of benzene rings is 1. The van der Waals surface area contributed by atoms with Gasteiger partial charge >= 0.3 is 0 Å². The minimum absolute atomic E-state index is 0.640. The Hall–Kier alpha value is -1.26. The first kappa shape index (κ1) is 14.8. The van der Waals surface area contributed by atoms with Gasteiger partial charge in [0, 0.05) is 20.2 Å². The number of rotatable bonds is 9. The molecular formula is C14H24N2O2. The predicted molar refractivity (Wildman–Crippen MR) is 76.1 cm³/mol. The van der Waals surface area contributed by atoms with E-state index in [1.165, 1.54) is 0 Å². The molecule has 0 aromatic heterocycles. The van der Waals surface area contributed by atoms with Crippen LogP contribution in [0.5, 0.6) is 0 Å². The number of anilines is 2. The molecule has 0 saturated heterocycles. The van der Waals surface area contributed by atoms with Crippen LogP contribution < -0.4 is 10.6 Å². The Balaban J connectivity index is 2.47. The highest BCUT2D eigenvalue weighted by Gasteiger charge is 2.07. The van der Waals surface area contributed by atoms with Gasteiger partial charge in [-0.1, -0.05) is 19.1 Å². The molecule has 1 aromatic rings. The van der Waals surface area contributed by atoms with Gasteiger partial charge in [-0.2, -0.15) is 0 Å². The number of nitrogen functional groups attached to an aromatic ring is 1. The molecule has 0 spiro atoms. The summed E-state index contributed by atoms with van der Waals surface area (Å²) in [6, 6.07) is 7.96. The number of nitrogens with two attached hydrogens (primary N) is 1. The van der Waals surface area contributed by atoms with E-state index in [0.29, 0.717) is 19.8 Å². The lowest BCUT2D eigenvalue weighted by Crippen LogP contribution is -2.29. The van der Waals surface area contributed by atoms with Gasteiger partial charge in [-0.05, 0) is 18.6 Å². The third-order valence-corrected chi connectivity index (χ3v) is 2.71. The van der Waals surface area contributed by atoms with Crippen LogP contribution in [0.4, 0.5) is 11.4 Å². The van der Waals surface area contributed by atoms with Crippen molar-refractivity contribution in [3.63, 3.8) is 0 Å². The molecule has 1 rings (SSSR count). The van der Waals surface area contributed by atoms with Crippen LogP contribution in [-0.4, -0.2) is 40.0 Å². The van der Waals surface area contributed by atoms with Crippen molar-refractivity contribution in [2.45, 2.75) is 13.3 Å². The lowest BCUT2D eigenvalue weighted by molar-refractivity contribution is 0.0740. The molecule has 0 aliphatic carbocycles. The SMILES string of the molecule is CCCN(CCOCCOC)c1ccccc1N. The van der Waals surface area contributed by atoms with Crippen LogP contribution in [0.15, 0.2) is 24.3 Å². The fourth-order valence-corrected chi connectivity index (χ4v) is 1.82. The van der Waals surface area contributed by atoms with Gasteiger partial charge in [0.05, 0.1) is 31.2 Å². The van der Waals surface area contributed by atoms with E-state index in [-0.39, 0.29) is 0 Å². The summed E-state index contributed by atoms with van der Waals surface area (Å²) >= 11 is 0. The maximum atomic E-state index is 6.00. The van der Waals surface area contributed by atoms with Gasteiger partial charge in [-0.3, -0.25) is 0 Å². The molecule has 102 valence electrons. The lowest BCUT2D eigenvalue weighted by atomic mass is 10.2. The Morgan fingerprint density at radius 1 is 1.11 bits per heavy atom. The zero-order chi connectivity index (χ0) is 13.2. The number of hydrogen-bond donors (Lipinski definition) is 1. The quantitative estimate of drug-likeness (QED) is 0.540. The van der Waals surface area contributed by atoms with Crippen molar-refractivity contribution in [1.29, 1.82) is 0 Å². The Morgan fingerprint density at radius 3 is 2.56 bits per heavy atom. The Kier molecular flexibility index (Phi) is 7.22. The van der Waals surface area contributed by atoms with E-state index in [1.807, 2.05) is 18.2 Å².